The van der Waals surface area contributed by atoms with Crippen LogP contribution in [0.15, 0.2) is 34.9 Å². The Morgan fingerprint density at radius 3 is 2.85 bits per heavy atom. The molecule has 2 heterocycles. The summed E-state index contributed by atoms with van der Waals surface area (Å²) >= 11 is 0. The molecule has 1 aliphatic rings. The number of carbonyl (C=O) groups is 2. The van der Waals surface area contributed by atoms with Gasteiger partial charge < -0.3 is 19.9 Å². The second kappa shape index (κ2) is 8.77. The zero-order chi connectivity index (χ0) is 19.2. The molecule has 1 fully saturated rings. The standard InChI is InChI=1S/C19H22FN3O4/c1-12-8-14(27-23-12)9-13-10-26-11-17(13)22-18(24)6-7-21-19(25)15-4-2-3-5-16(15)20/h2-5,8,13,17H,6-7,9-11H2,1H3,(H,21,25)(H,22,24)/t13-,17+/m1/s1. The maximum absolute atomic E-state index is 13.6. The molecule has 7 nitrogen and oxygen atoms in total. The highest BCUT2D eigenvalue weighted by Crippen LogP contribution is 2.19. The molecule has 1 aromatic carbocycles. The van der Waals surface area contributed by atoms with Gasteiger partial charge >= 0.3 is 0 Å². The molecule has 2 aromatic rings. The van der Waals surface area contributed by atoms with Crippen LogP contribution in [0.5, 0.6) is 0 Å². The van der Waals surface area contributed by atoms with Crippen LogP contribution in [-0.2, 0) is 16.0 Å². The van der Waals surface area contributed by atoms with E-state index in [0.717, 1.165) is 11.5 Å². The lowest BCUT2D eigenvalue weighted by molar-refractivity contribution is -0.121. The van der Waals surface area contributed by atoms with Crippen molar-refractivity contribution < 1.29 is 23.2 Å². The van der Waals surface area contributed by atoms with Crippen LogP contribution in [0.1, 0.15) is 28.2 Å². The summed E-state index contributed by atoms with van der Waals surface area (Å²) < 4.78 is 24.3. The number of hydrogen-bond donors (Lipinski definition) is 2. The second-order valence-corrected chi connectivity index (χ2v) is 6.60. The summed E-state index contributed by atoms with van der Waals surface area (Å²) in [5.74, 6) is -0.455. The molecule has 8 heteroatoms. The first-order valence-corrected chi connectivity index (χ1v) is 8.85. The summed E-state index contributed by atoms with van der Waals surface area (Å²) in [6.45, 7) is 2.95. The number of nitrogens with zero attached hydrogens (tertiary/aromatic N) is 1. The molecule has 0 bridgehead atoms. The first kappa shape index (κ1) is 19.0. The van der Waals surface area contributed by atoms with Gasteiger partial charge in [0.15, 0.2) is 0 Å². The van der Waals surface area contributed by atoms with E-state index in [0.29, 0.717) is 19.6 Å². The Morgan fingerprint density at radius 1 is 1.30 bits per heavy atom. The van der Waals surface area contributed by atoms with Crippen molar-refractivity contribution in [1.82, 2.24) is 15.8 Å². The van der Waals surface area contributed by atoms with E-state index in [-0.39, 0.29) is 36.4 Å². The van der Waals surface area contributed by atoms with Crippen molar-refractivity contribution >= 4 is 11.8 Å². The quantitative estimate of drug-likeness (QED) is 0.767. The van der Waals surface area contributed by atoms with Crippen molar-refractivity contribution in [3.63, 3.8) is 0 Å². The van der Waals surface area contributed by atoms with Gasteiger partial charge in [-0.3, -0.25) is 9.59 Å². The van der Waals surface area contributed by atoms with Crippen LogP contribution in [0, 0.1) is 18.7 Å². The van der Waals surface area contributed by atoms with Crippen LogP contribution in [0.25, 0.3) is 0 Å². The first-order chi connectivity index (χ1) is 13.0. The number of amides is 2. The Kier molecular flexibility index (Phi) is 6.18. The van der Waals surface area contributed by atoms with E-state index in [1.54, 1.807) is 6.07 Å². The summed E-state index contributed by atoms with van der Waals surface area (Å²) in [4.78, 5) is 24.1. The topological polar surface area (TPSA) is 93.5 Å². The number of rotatable bonds is 7. The molecule has 1 aliphatic heterocycles. The van der Waals surface area contributed by atoms with Crippen molar-refractivity contribution in [2.45, 2.75) is 25.8 Å². The number of hydrogen-bond acceptors (Lipinski definition) is 5. The SMILES string of the molecule is Cc1cc(C[C@@H]2COC[C@@H]2NC(=O)CCNC(=O)c2ccccc2F)on1. The van der Waals surface area contributed by atoms with E-state index in [4.69, 9.17) is 9.26 Å². The van der Waals surface area contributed by atoms with Gasteiger partial charge in [-0.05, 0) is 19.1 Å². The van der Waals surface area contributed by atoms with E-state index in [2.05, 4.69) is 15.8 Å². The zero-order valence-corrected chi connectivity index (χ0v) is 15.0. The van der Waals surface area contributed by atoms with Crippen LogP contribution < -0.4 is 10.6 Å². The molecular formula is C19H22FN3O4. The number of carbonyl (C=O) groups excluding carboxylic acids is 2. The Hall–Kier alpha value is -2.74. The van der Waals surface area contributed by atoms with Gasteiger partial charge in [-0.2, -0.15) is 0 Å². The lowest BCUT2D eigenvalue weighted by atomic mass is 9.98. The predicted molar refractivity (Wildman–Crippen MR) is 94.5 cm³/mol. The summed E-state index contributed by atoms with van der Waals surface area (Å²) in [7, 11) is 0. The molecule has 0 saturated carbocycles. The number of halogens is 1. The molecule has 2 N–H and O–H groups in total. The molecule has 0 radical (unpaired) electrons. The van der Waals surface area contributed by atoms with E-state index in [9.17, 15) is 14.0 Å². The molecule has 144 valence electrons. The molecule has 0 spiro atoms. The fourth-order valence-corrected chi connectivity index (χ4v) is 3.04. The van der Waals surface area contributed by atoms with Gasteiger partial charge in [-0.15, -0.1) is 0 Å². The van der Waals surface area contributed by atoms with E-state index >= 15 is 0 Å². The Bertz CT molecular complexity index is 808. The molecule has 0 aliphatic carbocycles. The fourth-order valence-electron chi connectivity index (χ4n) is 3.04. The molecule has 1 aromatic heterocycles. The minimum Gasteiger partial charge on any atom is -0.379 e. The predicted octanol–water partition coefficient (Wildman–Crippen LogP) is 1.62. The maximum Gasteiger partial charge on any atom is 0.254 e. The zero-order valence-electron chi connectivity index (χ0n) is 15.0. The van der Waals surface area contributed by atoms with Gasteiger partial charge in [0.1, 0.15) is 11.6 Å². The largest absolute Gasteiger partial charge is 0.379 e. The summed E-state index contributed by atoms with van der Waals surface area (Å²) in [5, 5.41) is 9.35. The molecule has 27 heavy (non-hydrogen) atoms. The van der Waals surface area contributed by atoms with Gasteiger partial charge in [0.2, 0.25) is 5.91 Å². The smallest absolute Gasteiger partial charge is 0.254 e. The molecule has 2 amide bonds. The van der Waals surface area contributed by atoms with Gasteiger partial charge in [-0.1, -0.05) is 17.3 Å². The van der Waals surface area contributed by atoms with Crippen LogP contribution in [0.2, 0.25) is 0 Å². The average molecular weight is 375 g/mol. The number of benzene rings is 1. The number of nitrogens with one attached hydrogen (secondary N) is 2. The Labute approximate surface area is 156 Å². The highest BCUT2D eigenvalue weighted by Gasteiger charge is 2.30. The summed E-state index contributed by atoms with van der Waals surface area (Å²) in [5.41, 5.74) is 0.777. The van der Waals surface area contributed by atoms with Crippen LogP contribution >= 0.6 is 0 Å². The number of ether oxygens (including phenoxy) is 1. The first-order valence-electron chi connectivity index (χ1n) is 8.85. The normalized spacial score (nSPS) is 19.0. The third kappa shape index (κ3) is 5.13. The van der Waals surface area contributed by atoms with Crippen molar-refractivity contribution in [3.05, 3.63) is 53.2 Å². The third-order valence-electron chi connectivity index (χ3n) is 4.44. The molecule has 0 unspecified atom stereocenters. The van der Waals surface area contributed by atoms with Crippen LogP contribution in [-0.4, -0.2) is 42.8 Å². The number of aromatic nitrogens is 1. The minimum atomic E-state index is -0.590. The maximum atomic E-state index is 13.6. The van der Waals surface area contributed by atoms with Crippen molar-refractivity contribution in [2.24, 2.45) is 5.92 Å². The molecular weight excluding hydrogens is 353 g/mol. The monoisotopic (exact) mass is 375 g/mol. The third-order valence-corrected chi connectivity index (χ3v) is 4.44. The highest BCUT2D eigenvalue weighted by molar-refractivity contribution is 5.94. The van der Waals surface area contributed by atoms with Crippen LogP contribution in [0.3, 0.4) is 0 Å². The highest BCUT2D eigenvalue weighted by atomic mass is 19.1. The van der Waals surface area contributed by atoms with Crippen LogP contribution in [0.4, 0.5) is 4.39 Å². The molecule has 3 rings (SSSR count). The lowest BCUT2D eigenvalue weighted by Crippen LogP contribution is -2.41. The van der Waals surface area contributed by atoms with Crippen molar-refractivity contribution in [1.29, 1.82) is 0 Å². The lowest BCUT2D eigenvalue weighted by Gasteiger charge is -2.18. The summed E-state index contributed by atoms with van der Waals surface area (Å²) in [6.07, 6.45) is 0.737. The Morgan fingerprint density at radius 2 is 2.11 bits per heavy atom. The van der Waals surface area contributed by atoms with Crippen molar-refractivity contribution in [3.8, 4) is 0 Å². The summed E-state index contributed by atoms with van der Waals surface area (Å²) in [6, 6.07) is 7.47. The second-order valence-electron chi connectivity index (χ2n) is 6.60. The fraction of sp³-hybridized carbons (Fsp3) is 0.421. The minimum absolute atomic E-state index is 0.0375. The number of aryl methyl sites for hydroxylation is 1. The molecule has 2 atom stereocenters. The Balaban J connectivity index is 1.43. The van der Waals surface area contributed by atoms with Gasteiger partial charge in [0.25, 0.3) is 5.91 Å². The molecule has 1 saturated heterocycles. The van der Waals surface area contributed by atoms with E-state index < -0.39 is 11.7 Å². The average Bonchev–Trinajstić information content (AvgIpc) is 3.24. The van der Waals surface area contributed by atoms with Crippen molar-refractivity contribution in [2.75, 3.05) is 19.8 Å². The van der Waals surface area contributed by atoms with E-state index in [1.165, 1.54) is 18.2 Å². The van der Waals surface area contributed by atoms with Gasteiger partial charge in [0, 0.05) is 31.4 Å². The van der Waals surface area contributed by atoms with Gasteiger partial charge in [0.05, 0.1) is 30.5 Å². The van der Waals surface area contributed by atoms with Gasteiger partial charge in [-0.25, -0.2) is 4.39 Å². The van der Waals surface area contributed by atoms with E-state index in [1.807, 2.05) is 13.0 Å².